The molecule has 0 N–H and O–H groups in total. The summed E-state index contributed by atoms with van der Waals surface area (Å²) in [4.78, 5) is 4.21. The normalized spacial score (nSPS) is 11.5. The number of anilines is 6. The molecular formula is C68H50F2N2. The van der Waals surface area contributed by atoms with Crippen molar-refractivity contribution in [1.29, 1.82) is 0 Å². The highest BCUT2D eigenvalue weighted by Crippen LogP contribution is 2.52. The third-order valence-corrected chi connectivity index (χ3v) is 14.1. The number of benzene rings is 12. The van der Waals surface area contributed by atoms with Crippen molar-refractivity contribution in [3.63, 3.8) is 0 Å². The molecule has 72 heavy (non-hydrogen) atoms. The summed E-state index contributed by atoms with van der Waals surface area (Å²) in [6.45, 7) is 8.22. The lowest BCUT2D eigenvalue weighted by molar-refractivity contribution is 0.632. The van der Waals surface area contributed by atoms with Gasteiger partial charge in [0.1, 0.15) is 0 Å². The number of hydrogen-bond acceptors (Lipinski definition) is 2. The molecule has 0 spiro atoms. The lowest BCUT2D eigenvalue weighted by Crippen LogP contribution is -2.15. The van der Waals surface area contributed by atoms with Crippen molar-refractivity contribution in [3.8, 4) is 44.5 Å². The first-order chi connectivity index (χ1) is 35.2. The Bertz CT molecular complexity index is 3750. The Labute approximate surface area is 419 Å². The first kappa shape index (κ1) is 44.4. The van der Waals surface area contributed by atoms with E-state index >= 15 is 8.78 Å². The van der Waals surface area contributed by atoms with Crippen LogP contribution in [0.2, 0.25) is 0 Å². The highest BCUT2D eigenvalue weighted by Gasteiger charge is 2.29. The van der Waals surface area contributed by atoms with E-state index in [9.17, 15) is 0 Å². The SMILES string of the molecule is Cc1cccc(-c2ccc(-c3cccc(C)c3)c(N(c3ccccc3)c3ccc4ccc5c(N(c6ccccc6)c6c(-c7cccc(C)c7)ccc(-c7cccc(C)c7)c6F)ccc6ccc3c4c65)c2F)c1. The molecule has 0 amide bonds. The van der Waals surface area contributed by atoms with Crippen molar-refractivity contribution in [2.24, 2.45) is 0 Å². The maximum absolute atomic E-state index is 18.3. The highest BCUT2D eigenvalue weighted by atomic mass is 19.1. The Morgan fingerprint density at radius 2 is 0.611 bits per heavy atom. The summed E-state index contributed by atoms with van der Waals surface area (Å²) in [6.07, 6.45) is 0. The van der Waals surface area contributed by atoms with Crippen LogP contribution in [0.25, 0.3) is 76.8 Å². The van der Waals surface area contributed by atoms with Crippen LogP contribution in [0.5, 0.6) is 0 Å². The molecule has 0 fully saturated rings. The number of halogens is 2. The zero-order chi connectivity index (χ0) is 49.0. The minimum absolute atomic E-state index is 0.311. The quantitative estimate of drug-likeness (QED) is 0.126. The third kappa shape index (κ3) is 7.73. The van der Waals surface area contributed by atoms with E-state index in [1.54, 1.807) is 0 Å². The Kier molecular flexibility index (Phi) is 11.2. The van der Waals surface area contributed by atoms with Crippen LogP contribution < -0.4 is 9.80 Å². The average Bonchev–Trinajstić information content (AvgIpc) is 3.40. The lowest BCUT2D eigenvalue weighted by Gasteiger charge is -2.32. The standard InChI is InChI=1S/C68H50F2N2/c1-43-15-11-19-49(39-43)55-33-35-57(51-21-13-17-45(3)41-51)67(65(55)69)71(53-23-7-5-8-24-53)61-37-29-47-28-32-60-62(38-30-48-27-31-59(61)63(47)64(48)60)72(54-25-9-6-10-26-54)68-58(52-22-14-18-46(4)42-52)36-34-56(66(68)70)50-20-12-16-44(2)40-50/h5-42H,1-4H3. The lowest BCUT2D eigenvalue weighted by atomic mass is 9.90. The van der Waals surface area contributed by atoms with Crippen LogP contribution in [-0.2, 0) is 0 Å². The van der Waals surface area contributed by atoms with Crippen LogP contribution in [0.1, 0.15) is 22.3 Å². The number of aryl methyl sites for hydroxylation is 4. The first-order valence-corrected chi connectivity index (χ1v) is 24.5. The van der Waals surface area contributed by atoms with Crippen molar-refractivity contribution >= 4 is 66.4 Å². The van der Waals surface area contributed by atoms with Crippen molar-refractivity contribution < 1.29 is 8.78 Å². The molecule has 346 valence electrons. The van der Waals surface area contributed by atoms with Crippen LogP contribution in [0.4, 0.5) is 42.9 Å². The fourth-order valence-corrected chi connectivity index (χ4v) is 10.8. The largest absolute Gasteiger partial charge is 0.307 e. The Balaban J connectivity index is 1.15. The van der Waals surface area contributed by atoms with E-state index in [2.05, 4.69) is 145 Å². The van der Waals surface area contributed by atoms with E-state index in [1.165, 1.54) is 0 Å². The summed E-state index contributed by atoms with van der Waals surface area (Å²) < 4.78 is 36.6. The predicted molar refractivity (Wildman–Crippen MR) is 300 cm³/mol. The van der Waals surface area contributed by atoms with Gasteiger partial charge in [-0.05, 0) is 108 Å². The minimum Gasteiger partial charge on any atom is -0.307 e. The van der Waals surface area contributed by atoms with E-state index in [0.29, 0.717) is 22.5 Å². The van der Waals surface area contributed by atoms with Crippen molar-refractivity contribution in [3.05, 3.63) is 264 Å². The van der Waals surface area contributed by atoms with Gasteiger partial charge in [-0.2, -0.15) is 0 Å². The molecule has 0 radical (unpaired) electrons. The maximum atomic E-state index is 18.3. The van der Waals surface area contributed by atoms with E-state index in [0.717, 1.165) is 111 Å². The molecule has 0 aliphatic carbocycles. The van der Waals surface area contributed by atoms with E-state index < -0.39 is 0 Å². The molecule has 12 rings (SSSR count). The smallest absolute Gasteiger partial charge is 0.155 e. The van der Waals surface area contributed by atoms with Crippen LogP contribution >= 0.6 is 0 Å². The Hall–Kier alpha value is -8.86. The minimum atomic E-state index is -0.311. The van der Waals surface area contributed by atoms with Crippen molar-refractivity contribution in [1.82, 2.24) is 0 Å². The van der Waals surface area contributed by atoms with Gasteiger partial charge in [0.15, 0.2) is 11.6 Å². The zero-order valence-electron chi connectivity index (χ0n) is 40.6. The molecule has 0 saturated heterocycles. The van der Waals surface area contributed by atoms with Gasteiger partial charge >= 0.3 is 0 Å². The molecule has 0 bridgehead atoms. The molecule has 0 heterocycles. The summed E-state index contributed by atoms with van der Waals surface area (Å²) in [5.41, 5.74) is 14.6. The van der Waals surface area contributed by atoms with Gasteiger partial charge in [-0.25, -0.2) is 8.78 Å². The Morgan fingerprint density at radius 3 is 0.958 bits per heavy atom. The second kappa shape index (κ2) is 18.1. The number of nitrogens with zero attached hydrogens (tertiary/aromatic N) is 2. The fourth-order valence-electron chi connectivity index (χ4n) is 10.8. The molecule has 4 heteroatoms. The molecule has 2 nitrogen and oxygen atoms in total. The van der Waals surface area contributed by atoms with Crippen LogP contribution in [0.15, 0.2) is 231 Å². The summed E-state index contributed by atoms with van der Waals surface area (Å²) in [5, 5.41) is 6.09. The molecule has 12 aromatic rings. The van der Waals surface area contributed by atoms with E-state index in [-0.39, 0.29) is 11.6 Å². The monoisotopic (exact) mass is 932 g/mol. The second-order valence-corrected chi connectivity index (χ2v) is 19.1. The zero-order valence-corrected chi connectivity index (χ0v) is 40.6. The average molecular weight is 933 g/mol. The van der Waals surface area contributed by atoms with Gasteiger partial charge in [0, 0.05) is 44.4 Å². The molecule has 0 aliphatic heterocycles. The van der Waals surface area contributed by atoms with Gasteiger partial charge < -0.3 is 9.80 Å². The molecule has 0 unspecified atom stereocenters. The van der Waals surface area contributed by atoms with Crippen molar-refractivity contribution in [2.45, 2.75) is 27.7 Å². The first-order valence-electron chi connectivity index (χ1n) is 24.5. The summed E-state index contributed by atoms with van der Waals surface area (Å²) in [6, 6.07) is 78.2. The molecule has 0 saturated carbocycles. The number of para-hydroxylation sites is 2. The van der Waals surface area contributed by atoms with E-state index in [4.69, 9.17) is 0 Å². The molecular weight excluding hydrogens is 883 g/mol. The predicted octanol–water partition coefficient (Wildman–Crippen LogP) is 19.7. The van der Waals surface area contributed by atoms with Crippen LogP contribution in [0, 0.1) is 39.3 Å². The van der Waals surface area contributed by atoms with Gasteiger partial charge in [0.2, 0.25) is 0 Å². The van der Waals surface area contributed by atoms with Gasteiger partial charge in [-0.3, -0.25) is 0 Å². The van der Waals surface area contributed by atoms with Crippen LogP contribution in [0.3, 0.4) is 0 Å². The van der Waals surface area contributed by atoms with Gasteiger partial charge in [-0.15, -0.1) is 0 Å². The number of hydrogen-bond donors (Lipinski definition) is 0. The topological polar surface area (TPSA) is 6.48 Å². The molecule has 0 aromatic heterocycles. The van der Waals surface area contributed by atoms with Gasteiger partial charge in [0.05, 0.1) is 22.7 Å². The maximum Gasteiger partial charge on any atom is 0.155 e. The summed E-state index contributed by atoms with van der Waals surface area (Å²) in [7, 11) is 0. The highest BCUT2D eigenvalue weighted by molar-refractivity contribution is 6.28. The molecule has 0 atom stereocenters. The van der Waals surface area contributed by atoms with Gasteiger partial charge in [0.25, 0.3) is 0 Å². The second-order valence-electron chi connectivity index (χ2n) is 19.1. The van der Waals surface area contributed by atoms with Crippen LogP contribution in [-0.4, -0.2) is 0 Å². The van der Waals surface area contributed by atoms with Gasteiger partial charge in [-0.1, -0.05) is 216 Å². The Morgan fingerprint density at radius 1 is 0.292 bits per heavy atom. The summed E-state index contributed by atoms with van der Waals surface area (Å²) >= 11 is 0. The van der Waals surface area contributed by atoms with Crippen molar-refractivity contribution in [2.75, 3.05) is 9.80 Å². The fraction of sp³-hybridized carbons (Fsp3) is 0.0588. The number of rotatable bonds is 10. The van der Waals surface area contributed by atoms with E-state index in [1.807, 2.05) is 123 Å². The molecule has 0 aliphatic rings. The third-order valence-electron chi connectivity index (χ3n) is 14.1. The summed E-state index contributed by atoms with van der Waals surface area (Å²) in [5.74, 6) is -0.622. The molecule has 12 aromatic carbocycles.